The molecule has 1 unspecified atom stereocenters. The minimum absolute atomic E-state index is 0.241. The predicted molar refractivity (Wildman–Crippen MR) is 68.0 cm³/mol. The van der Waals surface area contributed by atoms with E-state index in [0.717, 1.165) is 44.2 Å². The van der Waals surface area contributed by atoms with Crippen molar-refractivity contribution in [3.8, 4) is 0 Å². The summed E-state index contributed by atoms with van der Waals surface area (Å²) < 4.78 is 51.2. The number of halogens is 4. The lowest BCUT2D eigenvalue weighted by Crippen LogP contribution is -2.34. The van der Waals surface area contributed by atoms with Crippen molar-refractivity contribution in [3.05, 3.63) is 35.1 Å². The summed E-state index contributed by atoms with van der Waals surface area (Å²) in [5.74, 6) is 4.51. The number of hydrogen-bond acceptors (Lipinski definition) is 2. The molecule has 0 bridgehead atoms. The van der Waals surface area contributed by atoms with Gasteiger partial charge in [-0.25, -0.2) is 4.39 Å². The highest BCUT2D eigenvalue weighted by molar-refractivity contribution is 5.29. The van der Waals surface area contributed by atoms with Gasteiger partial charge in [0, 0.05) is 6.04 Å². The summed E-state index contributed by atoms with van der Waals surface area (Å²) in [7, 11) is 0. The highest BCUT2D eigenvalue weighted by Gasteiger charge is 2.34. The highest BCUT2D eigenvalue weighted by Crippen LogP contribution is 2.36. The van der Waals surface area contributed by atoms with Crippen molar-refractivity contribution in [3.63, 3.8) is 0 Å². The van der Waals surface area contributed by atoms with Crippen LogP contribution < -0.4 is 11.3 Å². The van der Waals surface area contributed by atoms with Crippen LogP contribution in [0.3, 0.4) is 0 Å². The normalized spacial score (nSPS) is 19.1. The minimum atomic E-state index is -4.67. The minimum Gasteiger partial charge on any atom is -0.271 e. The Labute approximate surface area is 115 Å². The quantitative estimate of drug-likeness (QED) is 0.503. The molecular formula is C14H18F4N2. The van der Waals surface area contributed by atoms with Crippen LogP contribution in [0.5, 0.6) is 0 Å². The van der Waals surface area contributed by atoms with Crippen molar-refractivity contribution >= 4 is 0 Å². The molecule has 20 heavy (non-hydrogen) atoms. The van der Waals surface area contributed by atoms with E-state index in [1.54, 1.807) is 0 Å². The Kier molecular flexibility index (Phi) is 4.65. The van der Waals surface area contributed by atoms with Crippen LogP contribution in [0.25, 0.3) is 0 Å². The fourth-order valence-corrected chi connectivity index (χ4v) is 2.93. The maximum atomic E-state index is 13.6. The summed E-state index contributed by atoms with van der Waals surface area (Å²) in [5.41, 5.74) is 1.87. The van der Waals surface area contributed by atoms with Gasteiger partial charge in [0.15, 0.2) is 0 Å². The van der Waals surface area contributed by atoms with Gasteiger partial charge >= 0.3 is 6.18 Å². The first-order valence-electron chi connectivity index (χ1n) is 6.76. The van der Waals surface area contributed by atoms with E-state index in [-0.39, 0.29) is 12.0 Å². The summed E-state index contributed by atoms with van der Waals surface area (Å²) in [6.45, 7) is 0. The van der Waals surface area contributed by atoms with E-state index in [0.29, 0.717) is 5.56 Å². The summed E-state index contributed by atoms with van der Waals surface area (Å²) in [6, 6.07) is 2.75. The fraction of sp³-hybridized carbons (Fsp3) is 0.571. The van der Waals surface area contributed by atoms with Gasteiger partial charge in [-0.2, -0.15) is 13.2 Å². The standard InChI is InChI=1S/C14H18F4N2/c15-12-8-10(6-7-11(12)14(16,17)18)13(20-19)9-4-2-1-3-5-9/h6-9,13,20H,1-5,19H2. The Morgan fingerprint density at radius 2 is 1.80 bits per heavy atom. The van der Waals surface area contributed by atoms with Gasteiger partial charge in [-0.3, -0.25) is 11.3 Å². The molecule has 0 saturated heterocycles. The van der Waals surface area contributed by atoms with Crippen LogP contribution in [-0.4, -0.2) is 0 Å². The molecule has 1 aliphatic carbocycles. The zero-order chi connectivity index (χ0) is 14.8. The van der Waals surface area contributed by atoms with Gasteiger partial charge in [0.2, 0.25) is 0 Å². The van der Waals surface area contributed by atoms with Gasteiger partial charge in [0.25, 0.3) is 0 Å². The Morgan fingerprint density at radius 1 is 1.15 bits per heavy atom. The van der Waals surface area contributed by atoms with Crippen LogP contribution in [0.2, 0.25) is 0 Å². The third-order valence-corrected chi connectivity index (χ3v) is 3.96. The topological polar surface area (TPSA) is 38.0 Å². The summed E-state index contributed by atoms with van der Waals surface area (Å²) >= 11 is 0. The number of alkyl halides is 3. The summed E-state index contributed by atoms with van der Waals surface area (Å²) in [6.07, 6.45) is 0.557. The van der Waals surface area contributed by atoms with Crippen molar-refractivity contribution in [2.24, 2.45) is 11.8 Å². The molecule has 2 nitrogen and oxygen atoms in total. The molecule has 1 atom stereocenters. The third kappa shape index (κ3) is 3.30. The van der Waals surface area contributed by atoms with Crippen LogP contribution in [0.1, 0.15) is 49.3 Å². The Morgan fingerprint density at radius 3 is 2.30 bits per heavy atom. The molecule has 1 saturated carbocycles. The SMILES string of the molecule is NNC(c1ccc(C(F)(F)F)c(F)c1)C1CCCCC1. The predicted octanol–water partition coefficient (Wildman–Crippen LogP) is 3.93. The number of nitrogens with two attached hydrogens (primary N) is 1. The lowest BCUT2D eigenvalue weighted by Gasteiger charge is -2.30. The van der Waals surface area contributed by atoms with E-state index in [9.17, 15) is 17.6 Å². The first-order chi connectivity index (χ1) is 9.43. The first kappa shape index (κ1) is 15.3. The zero-order valence-corrected chi connectivity index (χ0v) is 11.0. The van der Waals surface area contributed by atoms with Crippen LogP contribution in [0.15, 0.2) is 18.2 Å². The van der Waals surface area contributed by atoms with E-state index >= 15 is 0 Å². The van der Waals surface area contributed by atoms with E-state index in [2.05, 4.69) is 5.43 Å². The number of hydrazine groups is 1. The lowest BCUT2D eigenvalue weighted by molar-refractivity contribution is -0.140. The zero-order valence-electron chi connectivity index (χ0n) is 11.0. The third-order valence-electron chi connectivity index (χ3n) is 3.96. The van der Waals surface area contributed by atoms with E-state index in [1.165, 1.54) is 6.07 Å². The maximum absolute atomic E-state index is 13.6. The molecule has 0 aliphatic heterocycles. The molecule has 3 N–H and O–H groups in total. The molecule has 1 aromatic carbocycles. The number of nitrogens with one attached hydrogen (secondary N) is 1. The molecule has 0 aromatic heterocycles. The maximum Gasteiger partial charge on any atom is 0.419 e. The Balaban J connectivity index is 2.24. The van der Waals surface area contributed by atoms with Gasteiger partial charge < -0.3 is 0 Å². The van der Waals surface area contributed by atoms with Crippen molar-refractivity contribution in [2.45, 2.75) is 44.3 Å². The molecule has 6 heteroatoms. The molecule has 1 aromatic rings. The van der Waals surface area contributed by atoms with Crippen LogP contribution in [0.4, 0.5) is 17.6 Å². The van der Waals surface area contributed by atoms with Gasteiger partial charge in [-0.15, -0.1) is 0 Å². The van der Waals surface area contributed by atoms with Crippen LogP contribution in [0, 0.1) is 11.7 Å². The number of hydrogen-bond donors (Lipinski definition) is 2. The number of benzene rings is 1. The summed E-state index contributed by atoms with van der Waals surface area (Å²) in [5, 5.41) is 0. The smallest absolute Gasteiger partial charge is 0.271 e. The molecule has 0 heterocycles. The average Bonchev–Trinajstić information content (AvgIpc) is 2.39. The number of rotatable bonds is 3. The largest absolute Gasteiger partial charge is 0.419 e. The van der Waals surface area contributed by atoms with E-state index in [1.807, 2.05) is 0 Å². The molecule has 2 rings (SSSR count). The molecule has 0 radical (unpaired) electrons. The van der Waals surface area contributed by atoms with Gasteiger partial charge in [0.1, 0.15) is 5.82 Å². The van der Waals surface area contributed by atoms with Crippen molar-refractivity contribution in [1.82, 2.24) is 5.43 Å². The van der Waals surface area contributed by atoms with Gasteiger partial charge in [-0.1, -0.05) is 25.3 Å². The van der Waals surface area contributed by atoms with Crippen LogP contribution in [-0.2, 0) is 6.18 Å². The van der Waals surface area contributed by atoms with Gasteiger partial charge in [-0.05, 0) is 36.5 Å². The molecular weight excluding hydrogens is 272 g/mol. The highest BCUT2D eigenvalue weighted by atomic mass is 19.4. The lowest BCUT2D eigenvalue weighted by atomic mass is 9.81. The van der Waals surface area contributed by atoms with Gasteiger partial charge in [0.05, 0.1) is 5.56 Å². The Hall–Kier alpha value is -1.14. The second kappa shape index (κ2) is 6.10. The molecule has 1 fully saturated rings. The molecule has 1 aliphatic rings. The second-order valence-corrected chi connectivity index (χ2v) is 5.28. The van der Waals surface area contributed by atoms with Crippen molar-refractivity contribution < 1.29 is 17.6 Å². The van der Waals surface area contributed by atoms with Crippen LogP contribution >= 0.6 is 0 Å². The molecule has 0 spiro atoms. The van der Waals surface area contributed by atoms with Crippen molar-refractivity contribution in [1.29, 1.82) is 0 Å². The second-order valence-electron chi connectivity index (χ2n) is 5.28. The molecule has 0 amide bonds. The monoisotopic (exact) mass is 290 g/mol. The summed E-state index contributed by atoms with van der Waals surface area (Å²) in [4.78, 5) is 0. The fourth-order valence-electron chi connectivity index (χ4n) is 2.93. The first-order valence-corrected chi connectivity index (χ1v) is 6.76. The molecule has 112 valence electrons. The Bertz CT molecular complexity index is 453. The van der Waals surface area contributed by atoms with E-state index < -0.39 is 17.6 Å². The average molecular weight is 290 g/mol. The van der Waals surface area contributed by atoms with Crippen molar-refractivity contribution in [2.75, 3.05) is 0 Å². The van der Waals surface area contributed by atoms with E-state index in [4.69, 9.17) is 5.84 Å².